The van der Waals surface area contributed by atoms with Crippen LogP contribution in [-0.2, 0) is 4.74 Å². The molecule has 1 fully saturated rings. The molecule has 1 aliphatic heterocycles. The number of nitrogens with one attached hydrogen (secondary N) is 1. The van der Waals surface area contributed by atoms with Gasteiger partial charge in [-0.25, -0.2) is 0 Å². The Morgan fingerprint density at radius 1 is 1.13 bits per heavy atom. The molecule has 1 N–H and O–H groups in total. The third-order valence-corrected chi connectivity index (χ3v) is 2.87. The van der Waals surface area contributed by atoms with Crippen LogP contribution in [-0.4, -0.2) is 50.8 Å². The van der Waals surface area contributed by atoms with Crippen molar-refractivity contribution in [2.24, 2.45) is 0 Å². The van der Waals surface area contributed by atoms with E-state index in [2.05, 4.69) is 17.1 Å². The molecule has 0 spiro atoms. The Morgan fingerprint density at radius 2 is 1.93 bits per heavy atom. The Morgan fingerprint density at radius 3 is 2.67 bits per heavy atom. The van der Waals surface area contributed by atoms with E-state index >= 15 is 0 Å². The second-order valence-electron chi connectivity index (χ2n) is 4.26. The molecule has 3 heteroatoms. The maximum atomic E-state index is 5.47. The van der Waals surface area contributed by atoms with Gasteiger partial charge in [0.15, 0.2) is 0 Å². The van der Waals surface area contributed by atoms with Crippen molar-refractivity contribution >= 4 is 0 Å². The van der Waals surface area contributed by atoms with Gasteiger partial charge in [0.05, 0.1) is 6.61 Å². The summed E-state index contributed by atoms with van der Waals surface area (Å²) in [4.78, 5) is 2.53. The second kappa shape index (κ2) is 9.13. The lowest BCUT2D eigenvalue weighted by atomic mass is 10.4. The number of hydrogen-bond acceptors (Lipinski definition) is 3. The summed E-state index contributed by atoms with van der Waals surface area (Å²) in [5.74, 6) is 0. The van der Waals surface area contributed by atoms with Gasteiger partial charge in [0.2, 0.25) is 0 Å². The third-order valence-electron chi connectivity index (χ3n) is 2.87. The minimum absolute atomic E-state index is 0.861. The molecule has 1 saturated heterocycles. The molecule has 0 radical (unpaired) electrons. The average Bonchev–Trinajstić information content (AvgIpc) is 2.75. The molecule has 0 aliphatic carbocycles. The first-order valence-electron chi connectivity index (χ1n) is 6.44. The average molecular weight is 214 g/mol. The SMILES string of the molecule is CCCCOCCNCCN1CCCC1. The highest BCUT2D eigenvalue weighted by Crippen LogP contribution is 2.05. The highest BCUT2D eigenvalue weighted by molar-refractivity contribution is 4.66. The van der Waals surface area contributed by atoms with E-state index in [4.69, 9.17) is 4.74 Å². The van der Waals surface area contributed by atoms with Crippen molar-refractivity contribution in [3.8, 4) is 0 Å². The molecule has 0 aromatic carbocycles. The van der Waals surface area contributed by atoms with Gasteiger partial charge in [-0.1, -0.05) is 13.3 Å². The van der Waals surface area contributed by atoms with Crippen molar-refractivity contribution in [2.75, 3.05) is 45.9 Å². The van der Waals surface area contributed by atoms with Gasteiger partial charge >= 0.3 is 0 Å². The predicted molar refractivity (Wildman–Crippen MR) is 64.3 cm³/mol. The summed E-state index contributed by atoms with van der Waals surface area (Å²) in [5, 5.41) is 3.42. The number of hydrogen-bond donors (Lipinski definition) is 1. The van der Waals surface area contributed by atoms with Crippen LogP contribution >= 0.6 is 0 Å². The number of rotatable bonds is 9. The summed E-state index contributed by atoms with van der Waals surface area (Å²) < 4.78 is 5.47. The monoisotopic (exact) mass is 214 g/mol. The van der Waals surface area contributed by atoms with Gasteiger partial charge in [-0.3, -0.25) is 0 Å². The van der Waals surface area contributed by atoms with Crippen LogP contribution in [0.3, 0.4) is 0 Å². The van der Waals surface area contributed by atoms with Gasteiger partial charge in [-0.05, 0) is 32.4 Å². The Labute approximate surface area is 94.2 Å². The van der Waals surface area contributed by atoms with Crippen molar-refractivity contribution in [2.45, 2.75) is 32.6 Å². The van der Waals surface area contributed by atoms with Crippen LogP contribution in [0.15, 0.2) is 0 Å². The fraction of sp³-hybridized carbons (Fsp3) is 1.00. The van der Waals surface area contributed by atoms with Crippen molar-refractivity contribution in [3.05, 3.63) is 0 Å². The Kier molecular flexibility index (Phi) is 7.88. The summed E-state index contributed by atoms with van der Waals surface area (Å²) in [6.07, 6.45) is 5.19. The molecular formula is C12H26N2O. The largest absolute Gasteiger partial charge is 0.380 e. The van der Waals surface area contributed by atoms with Gasteiger partial charge in [0, 0.05) is 26.2 Å². The molecule has 0 atom stereocenters. The summed E-state index contributed by atoms with van der Waals surface area (Å²) in [6.45, 7) is 9.88. The lowest BCUT2D eigenvalue weighted by Gasteiger charge is -2.14. The van der Waals surface area contributed by atoms with Crippen LogP contribution < -0.4 is 5.32 Å². The van der Waals surface area contributed by atoms with Crippen LogP contribution in [0.1, 0.15) is 32.6 Å². The lowest BCUT2D eigenvalue weighted by Crippen LogP contribution is -2.31. The van der Waals surface area contributed by atoms with Crippen molar-refractivity contribution < 1.29 is 4.74 Å². The number of ether oxygens (including phenoxy) is 1. The molecule has 0 aromatic heterocycles. The molecular weight excluding hydrogens is 188 g/mol. The first kappa shape index (κ1) is 12.9. The van der Waals surface area contributed by atoms with Gasteiger partial charge in [-0.15, -0.1) is 0 Å². The van der Waals surface area contributed by atoms with Crippen LogP contribution in [0.4, 0.5) is 0 Å². The fourth-order valence-electron chi connectivity index (χ4n) is 1.86. The fourth-order valence-corrected chi connectivity index (χ4v) is 1.86. The molecule has 90 valence electrons. The molecule has 1 rings (SSSR count). The topological polar surface area (TPSA) is 24.5 Å². The summed E-state index contributed by atoms with van der Waals surface area (Å²) in [6, 6.07) is 0. The zero-order valence-electron chi connectivity index (χ0n) is 10.1. The van der Waals surface area contributed by atoms with Crippen molar-refractivity contribution in [1.29, 1.82) is 0 Å². The maximum Gasteiger partial charge on any atom is 0.0590 e. The van der Waals surface area contributed by atoms with E-state index in [0.29, 0.717) is 0 Å². The van der Waals surface area contributed by atoms with Crippen LogP contribution in [0.2, 0.25) is 0 Å². The van der Waals surface area contributed by atoms with E-state index in [0.717, 1.165) is 26.3 Å². The highest BCUT2D eigenvalue weighted by Gasteiger charge is 2.09. The van der Waals surface area contributed by atoms with Crippen LogP contribution in [0.25, 0.3) is 0 Å². The number of unbranched alkanes of at least 4 members (excludes halogenated alkanes) is 1. The predicted octanol–water partition coefficient (Wildman–Crippen LogP) is 1.49. The highest BCUT2D eigenvalue weighted by atomic mass is 16.5. The number of nitrogens with zero attached hydrogens (tertiary/aromatic N) is 1. The van der Waals surface area contributed by atoms with E-state index in [1.54, 1.807) is 0 Å². The standard InChI is InChI=1S/C12H26N2O/c1-2-3-11-15-12-7-13-6-10-14-8-4-5-9-14/h13H,2-12H2,1H3. The Bertz CT molecular complexity index is 136. The minimum atomic E-state index is 0.861. The van der Waals surface area contributed by atoms with Crippen LogP contribution in [0, 0.1) is 0 Å². The van der Waals surface area contributed by atoms with E-state index < -0.39 is 0 Å². The molecule has 0 amide bonds. The van der Waals surface area contributed by atoms with Crippen LogP contribution in [0.5, 0.6) is 0 Å². The second-order valence-corrected chi connectivity index (χ2v) is 4.26. The van der Waals surface area contributed by atoms with E-state index in [1.807, 2.05) is 0 Å². The summed E-state index contributed by atoms with van der Waals surface area (Å²) >= 11 is 0. The molecule has 3 nitrogen and oxygen atoms in total. The number of likely N-dealkylation sites (tertiary alicyclic amines) is 1. The quantitative estimate of drug-likeness (QED) is 0.589. The van der Waals surface area contributed by atoms with Crippen molar-refractivity contribution in [3.63, 3.8) is 0 Å². The summed E-state index contributed by atoms with van der Waals surface area (Å²) in [7, 11) is 0. The minimum Gasteiger partial charge on any atom is -0.380 e. The zero-order chi connectivity index (χ0) is 10.8. The lowest BCUT2D eigenvalue weighted by molar-refractivity contribution is 0.132. The van der Waals surface area contributed by atoms with E-state index in [1.165, 1.54) is 45.3 Å². The molecule has 15 heavy (non-hydrogen) atoms. The zero-order valence-corrected chi connectivity index (χ0v) is 10.1. The van der Waals surface area contributed by atoms with Gasteiger partial charge < -0.3 is 15.0 Å². The normalized spacial score (nSPS) is 17.4. The Balaban J connectivity index is 1.73. The molecule has 0 unspecified atom stereocenters. The first-order chi connectivity index (χ1) is 7.43. The Hall–Kier alpha value is -0.120. The molecule has 1 heterocycles. The molecule has 0 bridgehead atoms. The van der Waals surface area contributed by atoms with Crippen molar-refractivity contribution in [1.82, 2.24) is 10.2 Å². The third kappa shape index (κ3) is 6.88. The van der Waals surface area contributed by atoms with E-state index in [9.17, 15) is 0 Å². The smallest absolute Gasteiger partial charge is 0.0590 e. The van der Waals surface area contributed by atoms with E-state index in [-0.39, 0.29) is 0 Å². The van der Waals surface area contributed by atoms with Gasteiger partial charge in [-0.2, -0.15) is 0 Å². The molecule has 0 saturated carbocycles. The maximum absolute atomic E-state index is 5.47. The first-order valence-corrected chi connectivity index (χ1v) is 6.44. The molecule has 0 aromatic rings. The molecule has 1 aliphatic rings. The summed E-state index contributed by atoms with van der Waals surface area (Å²) in [5.41, 5.74) is 0. The van der Waals surface area contributed by atoms with Gasteiger partial charge in [0.1, 0.15) is 0 Å². The van der Waals surface area contributed by atoms with Gasteiger partial charge in [0.25, 0.3) is 0 Å².